The van der Waals surface area contributed by atoms with E-state index in [1.807, 2.05) is 19.1 Å². The molecule has 3 N–H and O–H groups in total. The number of nitrogen functional groups attached to an aromatic ring is 1. The van der Waals surface area contributed by atoms with Gasteiger partial charge in [0, 0.05) is 23.5 Å². The first-order chi connectivity index (χ1) is 9.65. The van der Waals surface area contributed by atoms with Crippen LogP contribution in [0.15, 0.2) is 28.9 Å². The normalized spacial score (nSPS) is 10.4. The third-order valence-corrected chi connectivity index (χ3v) is 4.53. The molecule has 0 radical (unpaired) electrons. The Kier molecular flexibility index (Phi) is 5.37. The molecule has 5 nitrogen and oxygen atoms in total. The number of hydrogen-bond donors (Lipinski definition) is 2. The summed E-state index contributed by atoms with van der Waals surface area (Å²) >= 11 is 3.00. The van der Waals surface area contributed by atoms with Crippen LogP contribution in [0.4, 0.5) is 11.4 Å². The minimum absolute atomic E-state index is 0.0107. The van der Waals surface area contributed by atoms with Crippen LogP contribution in [0.2, 0.25) is 0 Å². The predicted molar refractivity (Wildman–Crippen MR) is 84.1 cm³/mol. The number of nitrogens with zero attached hydrogens (tertiary/aromatic N) is 2. The fourth-order valence-corrected chi connectivity index (χ4v) is 3.06. The molecule has 1 heterocycles. The third-order valence-electron chi connectivity index (χ3n) is 2.65. The molecular weight excluding hydrogens is 292 g/mol. The summed E-state index contributed by atoms with van der Waals surface area (Å²) in [5.41, 5.74) is 8.16. The highest BCUT2D eigenvalue weighted by atomic mass is 32.2. The smallest absolute Gasteiger partial charge is 0.224 e. The van der Waals surface area contributed by atoms with Crippen molar-refractivity contribution in [3.63, 3.8) is 0 Å². The SMILES string of the molecule is Cc1ccc(N)cc1NC(=O)CCCSc1ncns1. The number of hydrogen-bond acceptors (Lipinski definition) is 6. The second-order valence-corrected chi connectivity index (χ2v) is 6.40. The van der Waals surface area contributed by atoms with Crippen molar-refractivity contribution in [3.05, 3.63) is 30.1 Å². The predicted octanol–water partition coefficient (Wildman–Crippen LogP) is 2.94. The number of anilines is 2. The second kappa shape index (κ2) is 7.25. The summed E-state index contributed by atoms with van der Waals surface area (Å²) in [6.45, 7) is 1.94. The second-order valence-electron chi connectivity index (χ2n) is 4.28. The summed E-state index contributed by atoms with van der Waals surface area (Å²) in [5, 5.41) is 2.89. The topological polar surface area (TPSA) is 80.9 Å². The number of benzene rings is 1. The Morgan fingerprint density at radius 1 is 1.50 bits per heavy atom. The Balaban J connectivity index is 1.73. The van der Waals surface area contributed by atoms with Gasteiger partial charge in [0.1, 0.15) is 6.33 Å². The Labute approximate surface area is 126 Å². The Bertz CT molecular complexity index is 572. The van der Waals surface area contributed by atoms with Gasteiger partial charge in [0.15, 0.2) is 4.34 Å². The molecule has 0 bridgehead atoms. The first-order valence-corrected chi connectivity index (χ1v) is 7.96. The summed E-state index contributed by atoms with van der Waals surface area (Å²) < 4.78 is 4.87. The number of thioether (sulfide) groups is 1. The first kappa shape index (κ1) is 14.8. The van der Waals surface area contributed by atoms with Crippen molar-refractivity contribution in [1.82, 2.24) is 9.36 Å². The summed E-state index contributed by atoms with van der Waals surface area (Å²) in [6, 6.07) is 5.50. The number of carbonyl (C=O) groups is 1. The van der Waals surface area contributed by atoms with Crippen molar-refractivity contribution in [2.24, 2.45) is 0 Å². The van der Waals surface area contributed by atoms with Crippen molar-refractivity contribution >= 4 is 40.6 Å². The molecule has 0 spiro atoms. The zero-order valence-corrected chi connectivity index (χ0v) is 12.8. The summed E-state index contributed by atoms with van der Waals surface area (Å²) in [4.78, 5) is 15.9. The van der Waals surface area contributed by atoms with Crippen molar-refractivity contribution in [1.29, 1.82) is 0 Å². The van der Waals surface area contributed by atoms with E-state index < -0.39 is 0 Å². The Morgan fingerprint density at radius 2 is 2.35 bits per heavy atom. The Hall–Kier alpha value is -1.60. The molecule has 0 saturated heterocycles. The van der Waals surface area contributed by atoms with E-state index in [1.165, 1.54) is 11.5 Å². The maximum atomic E-state index is 11.9. The van der Waals surface area contributed by atoms with Gasteiger partial charge in [-0.2, -0.15) is 4.37 Å². The highest BCUT2D eigenvalue weighted by Crippen LogP contribution is 2.21. The van der Waals surface area contributed by atoms with Crippen LogP contribution >= 0.6 is 23.3 Å². The van der Waals surface area contributed by atoms with Crippen molar-refractivity contribution < 1.29 is 4.79 Å². The van der Waals surface area contributed by atoms with Gasteiger partial charge in [0.2, 0.25) is 5.91 Å². The highest BCUT2D eigenvalue weighted by Gasteiger charge is 2.06. The van der Waals surface area contributed by atoms with Gasteiger partial charge in [0.05, 0.1) is 0 Å². The summed E-state index contributed by atoms with van der Waals surface area (Å²) in [5.74, 6) is 0.870. The minimum atomic E-state index is 0.0107. The van der Waals surface area contributed by atoms with E-state index in [0.29, 0.717) is 12.1 Å². The Morgan fingerprint density at radius 3 is 3.10 bits per heavy atom. The van der Waals surface area contributed by atoms with Crippen molar-refractivity contribution in [3.8, 4) is 0 Å². The molecule has 1 aromatic heterocycles. The molecule has 0 aliphatic carbocycles. The number of nitrogens with two attached hydrogens (primary N) is 1. The number of amides is 1. The van der Waals surface area contributed by atoms with E-state index in [2.05, 4.69) is 14.7 Å². The summed E-state index contributed by atoms with van der Waals surface area (Å²) in [7, 11) is 0. The third kappa shape index (κ3) is 4.50. The van der Waals surface area contributed by atoms with Crippen molar-refractivity contribution in [2.45, 2.75) is 24.1 Å². The molecule has 2 rings (SSSR count). The van der Waals surface area contributed by atoms with Gasteiger partial charge in [0.25, 0.3) is 0 Å². The van der Waals surface area contributed by atoms with Crippen LogP contribution in [-0.2, 0) is 4.79 Å². The van der Waals surface area contributed by atoms with Crippen LogP contribution in [0.25, 0.3) is 0 Å². The molecule has 0 atom stereocenters. The van der Waals surface area contributed by atoms with Gasteiger partial charge in [-0.15, -0.1) is 0 Å². The average molecular weight is 308 g/mol. The molecule has 0 unspecified atom stereocenters. The van der Waals surface area contributed by atoms with Gasteiger partial charge in [-0.25, -0.2) is 4.98 Å². The van der Waals surface area contributed by atoms with Gasteiger partial charge in [-0.1, -0.05) is 17.8 Å². The quantitative estimate of drug-likeness (QED) is 0.487. The van der Waals surface area contributed by atoms with E-state index in [4.69, 9.17) is 5.73 Å². The van der Waals surface area contributed by atoms with E-state index in [1.54, 1.807) is 24.2 Å². The average Bonchev–Trinajstić information content (AvgIpc) is 2.92. The number of aryl methyl sites for hydroxylation is 1. The zero-order valence-electron chi connectivity index (χ0n) is 11.1. The molecule has 106 valence electrons. The lowest BCUT2D eigenvalue weighted by atomic mass is 10.1. The van der Waals surface area contributed by atoms with Gasteiger partial charge < -0.3 is 11.1 Å². The lowest BCUT2D eigenvalue weighted by Gasteiger charge is -2.09. The van der Waals surface area contributed by atoms with Gasteiger partial charge in [-0.3, -0.25) is 4.79 Å². The van der Waals surface area contributed by atoms with Gasteiger partial charge in [-0.05, 0) is 42.6 Å². The molecule has 20 heavy (non-hydrogen) atoms. The molecule has 1 aromatic carbocycles. The van der Waals surface area contributed by atoms with Crippen LogP contribution in [0.1, 0.15) is 18.4 Å². The lowest BCUT2D eigenvalue weighted by Crippen LogP contribution is -2.12. The molecular formula is C13H16N4OS2. The molecule has 0 fully saturated rings. The lowest BCUT2D eigenvalue weighted by molar-refractivity contribution is -0.116. The van der Waals surface area contributed by atoms with Crippen LogP contribution in [-0.4, -0.2) is 21.0 Å². The fourth-order valence-electron chi connectivity index (χ4n) is 1.61. The van der Waals surface area contributed by atoms with E-state index in [-0.39, 0.29) is 5.91 Å². The number of aromatic nitrogens is 2. The molecule has 7 heteroatoms. The molecule has 1 amide bonds. The fraction of sp³-hybridized carbons (Fsp3) is 0.308. The number of rotatable bonds is 6. The van der Waals surface area contributed by atoms with E-state index in [0.717, 1.165) is 27.8 Å². The van der Waals surface area contributed by atoms with Crippen LogP contribution in [0.5, 0.6) is 0 Å². The van der Waals surface area contributed by atoms with Crippen LogP contribution in [0.3, 0.4) is 0 Å². The summed E-state index contributed by atoms with van der Waals surface area (Å²) in [6.07, 6.45) is 2.83. The minimum Gasteiger partial charge on any atom is -0.399 e. The maximum absolute atomic E-state index is 11.9. The first-order valence-electron chi connectivity index (χ1n) is 6.20. The van der Waals surface area contributed by atoms with E-state index >= 15 is 0 Å². The number of nitrogens with one attached hydrogen (secondary N) is 1. The standard InChI is InChI=1S/C13H16N4OS2/c1-9-4-5-10(14)7-11(9)17-12(18)3-2-6-19-13-15-8-16-20-13/h4-5,7-8H,2-3,6,14H2,1H3,(H,17,18). The monoisotopic (exact) mass is 308 g/mol. The molecule has 2 aromatic rings. The van der Waals surface area contributed by atoms with Crippen LogP contribution < -0.4 is 11.1 Å². The molecule has 0 saturated carbocycles. The molecule has 0 aliphatic rings. The van der Waals surface area contributed by atoms with E-state index in [9.17, 15) is 4.79 Å². The largest absolute Gasteiger partial charge is 0.399 e. The maximum Gasteiger partial charge on any atom is 0.224 e. The van der Waals surface area contributed by atoms with Gasteiger partial charge >= 0.3 is 0 Å². The van der Waals surface area contributed by atoms with Crippen LogP contribution in [0, 0.1) is 6.92 Å². The zero-order chi connectivity index (χ0) is 14.4. The highest BCUT2D eigenvalue weighted by molar-refractivity contribution is 8.00. The molecule has 0 aliphatic heterocycles. The number of carbonyl (C=O) groups excluding carboxylic acids is 1. The van der Waals surface area contributed by atoms with Crippen molar-refractivity contribution in [2.75, 3.05) is 16.8 Å².